The van der Waals surface area contributed by atoms with E-state index in [1.54, 1.807) is 18.3 Å². The summed E-state index contributed by atoms with van der Waals surface area (Å²) in [6, 6.07) is 12.4. The van der Waals surface area contributed by atoms with Crippen LogP contribution in [-0.2, 0) is 16.4 Å². The van der Waals surface area contributed by atoms with Crippen LogP contribution < -0.4 is 4.72 Å². The number of nitrogens with zero attached hydrogens (tertiary/aromatic N) is 2. The van der Waals surface area contributed by atoms with E-state index >= 15 is 0 Å². The SMILES string of the molecule is N#CCCC(CCCCNS(=O)(=O)c1ccc(Cl)cc1)CCCc1cccnc1. The second-order valence-electron chi connectivity index (χ2n) is 7.16. The first-order valence-corrected chi connectivity index (χ1v) is 11.9. The predicted molar refractivity (Wildman–Crippen MR) is 116 cm³/mol. The average molecular weight is 434 g/mol. The van der Waals surface area contributed by atoms with E-state index in [0.29, 0.717) is 23.9 Å². The van der Waals surface area contributed by atoms with Crippen molar-refractivity contribution in [3.05, 3.63) is 59.4 Å². The van der Waals surface area contributed by atoms with Crippen molar-refractivity contribution in [2.75, 3.05) is 6.54 Å². The second-order valence-corrected chi connectivity index (χ2v) is 9.37. The second kappa shape index (κ2) is 12.6. The third kappa shape index (κ3) is 8.95. The minimum Gasteiger partial charge on any atom is -0.264 e. The number of rotatable bonds is 13. The molecule has 0 bridgehead atoms. The van der Waals surface area contributed by atoms with Gasteiger partial charge in [0.15, 0.2) is 0 Å². The Morgan fingerprint density at radius 1 is 1.07 bits per heavy atom. The smallest absolute Gasteiger partial charge is 0.240 e. The topological polar surface area (TPSA) is 82.9 Å². The lowest BCUT2D eigenvalue weighted by Crippen LogP contribution is -2.24. The van der Waals surface area contributed by atoms with E-state index in [2.05, 4.69) is 21.8 Å². The zero-order chi connectivity index (χ0) is 21.0. The van der Waals surface area contributed by atoms with Gasteiger partial charge in [-0.05, 0) is 67.5 Å². The van der Waals surface area contributed by atoms with Crippen LogP contribution in [0.4, 0.5) is 0 Å². The Hall–Kier alpha value is -1.94. The molecule has 1 aromatic heterocycles. The molecule has 0 aliphatic heterocycles. The molecule has 1 N–H and O–H groups in total. The van der Waals surface area contributed by atoms with Crippen molar-refractivity contribution in [3.8, 4) is 6.07 Å². The number of halogens is 1. The number of aryl methyl sites for hydroxylation is 1. The molecule has 0 aliphatic carbocycles. The van der Waals surface area contributed by atoms with Gasteiger partial charge < -0.3 is 0 Å². The van der Waals surface area contributed by atoms with Crippen LogP contribution in [0.5, 0.6) is 0 Å². The molecule has 1 heterocycles. The summed E-state index contributed by atoms with van der Waals surface area (Å²) in [5.74, 6) is 0.499. The quantitative estimate of drug-likeness (QED) is 0.444. The first-order chi connectivity index (χ1) is 14.0. The summed E-state index contributed by atoms with van der Waals surface area (Å²) in [4.78, 5) is 4.37. The van der Waals surface area contributed by atoms with Gasteiger partial charge in [0.1, 0.15) is 0 Å². The number of hydrogen-bond donors (Lipinski definition) is 1. The molecule has 7 heteroatoms. The minimum absolute atomic E-state index is 0.226. The molecule has 0 spiro atoms. The van der Waals surface area contributed by atoms with Gasteiger partial charge in [-0.25, -0.2) is 13.1 Å². The monoisotopic (exact) mass is 433 g/mol. The van der Waals surface area contributed by atoms with Crippen LogP contribution in [0.3, 0.4) is 0 Å². The number of sulfonamides is 1. The molecule has 1 unspecified atom stereocenters. The molecule has 29 heavy (non-hydrogen) atoms. The summed E-state index contributed by atoms with van der Waals surface area (Å²) in [5, 5.41) is 9.41. The summed E-state index contributed by atoms with van der Waals surface area (Å²) in [7, 11) is -3.49. The van der Waals surface area contributed by atoms with Crippen LogP contribution in [0, 0.1) is 17.2 Å². The van der Waals surface area contributed by atoms with Crippen molar-refractivity contribution < 1.29 is 8.42 Å². The molecular formula is C22H28ClN3O2S. The summed E-state index contributed by atoms with van der Waals surface area (Å²) in [5.41, 5.74) is 1.24. The van der Waals surface area contributed by atoms with Crippen molar-refractivity contribution in [2.45, 2.75) is 56.3 Å². The number of unbranched alkanes of at least 4 members (excludes halogenated alkanes) is 1. The summed E-state index contributed by atoms with van der Waals surface area (Å²) >= 11 is 5.81. The van der Waals surface area contributed by atoms with Gasteiger partial charge in [-0.2, -0.15) is 5.26 Å². The largest absolute Gasteiger partial charge is 0.264 e. The highest BCUT2D eigenvalue weighted by Gasteiger charge is 2.13. The van der Waals surface area contributed by atoms with E-state index < -0.39 is 10.0 Å². The van der Waals surface area contributed by atoms with Crippen LogP contribution in [0.25, 0.3) is 0 Å². The lowest BCUT2D eigenvalue weighted by atomic mass is 9.91. The van der Waals surface area contributed by atoms with Crippen LogP contribution in [0.2, 0.25) is 5.02 Å². The van der Waals surface area contributed by atoms with Gasteiger partial charge in [-0.1, -0.05) is 36.9 Å². The van der Waals surface area contributed by atoms with Crippen molar-refractivity contribution >= 4 is 21.6 Å². The van der Waals surface area contributed by atoms with Gasteiger partial charge in [-0.15, -0.1) is 0 Å². The number of nitriles is 1. The maximum atomic E-state index is 12.3. The molecule has 0 amide bonds. The standard InChI is InChI=1S/C22H28ClN3O2S/c23-21-11-13-22(14-12-21)29(27,28)26-17-2-1-6-19(9-4-15-24)7-3-8-20-10-5-16-25-18-20/h5,10-14,16,18-19,26H,1-4,6-9,17H2. The molecule has 156 valence electrons. The van der Waals surface area contributed by atoms with Gasteiger partial charge in [0, 0.05) is 30.4 Å². The molecule has 5 nitrogen and oxygen atoms in total. The van der Waals surface area contributed by atoms with E-state index in [1.807, 2.05) is 12.3 Å². The van der Waals surface area contributed by atoms with Gasteiger partial charge in [-0.3, -0.25) is 4.98 Å². The fraction of sp³-hybridized carbons (Fsp3) is 0.455. The molecule has 0 fully saturated rings. The van der Waals surface area contributed by atoms with Gasteiger partial charge >= 0.3 is 0 Å². The van der Waals surface area contributed by atoms with Crippen molar-refractivity contribution in [1.29, 1.82) is 5.26 Å². The fourth-order valence-electron chi connectivity index (χ4n) is 3.30. The van der Waals surface area contributed by atoms with Crippen molar-refractivity contribution in [1.82, 2.24) is 9.71 Å². The summed E-state index contributed by atoms with van der Waals surface area (Å²) in [6.45, 7) is 0.408. The number of aromatic nitrogens is 1. The highest BCUT2D eigenvalue weighted by Crippen LogP contribution is 2.21. The molecular weight excluding hydrogens is 406 g/mol. The van der Waals surface area contributed by atoms with Crippen LogP contribution >= 0.6 is 11.6 Å². The highest BCUT2D eigenvalue weighted by atomic mass is 35.5. The van der Waals surface area contributed by atoms with Gasteiger partial charge in [0.2, 0.25) is 10.0 Å². The molecule has 2 aromatic rings. The third-order valence-electron chi connectivity index (χ3n) is 4.92. The van der Waals surface area contributed by atoms with E-state index in [-0.39, 0.29) is 4.90 Å². The molecule has 1 atom stereocenters. The Bertz CT molecular complexity index is 865. The zero-order valence-electron chi connectivity index (χ0n) is 16.6. The normalized spacial score (nSPS) is 12.4. The maximum Gasteiger partial charge on any atom is 0.240 e. The minimum atomic E-state index is -3.49. The van der Waals surface area contributed by atoms with Crippen LogP contribution in [-0.4, -0.2) is 19.9 Å². The van der Waals surface area contributed by atoms with E-state index in [9.17, 15) is 8.42 Å². The third-order valence-corrected chi connectivity index (χ3v) is 6.65. The highest BCUT2D eigenvalue weighted by molar-refractivity contribution is 7.89. The lowest BCUT2D eigenvalue weighted by Gasteiger charge is -2.15. The predicted octanol–water partition coefficient (Wildman–Crippen LogP) is 5.13. The number of hydrogen-bond acceptors (Lipinski definition) is 4. The van der Waals surface area contributed by atoms with Crippen LogP contribution in [0.1, 0.15) is 50.5 Å². The molecule has 1 aromatic carbocycles. The Morgan fingerprint density at radius 2 is 1.83 bits per heavy atom. The molecule has 0 radical (unpaired) electrons. The number of pyridine rings is 1. The average Bonchev–Trinajstić information content (AvgIpc) is 2.72. The Labute approximate surface area is 179 Å². The summed E-state index contributed by atoms with van der Waals surface area (Å²) in [6.07, 6.45) is 11.0. The van der Waals surface area contributed by atoms with Crippen molar-refractivity contribution in [3.63, 3.8) is 0 Å². The van der Waals surface area contributed by atoms with E-state index in [4.69, 9.17) is 16.9 Å². The van der Waals surface area contributed by atoms with Gasteiger partial charge in [0.05, 0.1) is 11.0 Å². The molecule has 0 aliphatic rings. The maximum absolute atomic E-state index is 12.3. The first-order valence-electron chi connectivity index (χ1n) is 10.0. The molecule has 0 saturated heterocycles. The number of nitrogens with one attached hydrogen (secondary N) is 1. The zero-order valence-corrected chi connectivity index (χ0v) is 18.1. The Morgan fingerprint density at radius 3 is 2.52 bits per heavy atom. The van der Waals surface area contributed by atoms with E-state index in [0.717, 1.165) is 44.9 Å². The number of benzene rings is 1. The molecule has 0 saturated carbocycles. The first kappa shape index (κ1) is 23.3. The molecule has 2 rings (SSSR count). The van der Waals surface area contributed by atoms with E-state index in [1.165, 1.54) is 17.7 Å². The van der Waals surface area contributed by atoms with Gasteiger partial charge in [0.25, 0.3) is 0 Å². The Kier molecular flexibility index (Phi) is 10.1. The fourth-order valence-corrected chi connectivity index (χ4v) is 4.50. The van der Waals surface area contributed by atoms with Crippen molar-refractivity contribution in [2.24, 2.45) is 5.92 Å². The van der Waals surface area contributed by atoms with Crippen LogP contribution in [0.15, 0.2) is 53.7 Å². The Balaban J connectivity index is 1.70. The lowest BCUT2D eigenvalue weighted by molar-refractivity contribution is 0.396. The summed E-state index contributed by atoms with van der Waals surface area (Å²) < 4.78 is 27.2.